The molecule has 2 aromatic carbocycles. The maximum atomic E-state index is 8.31. The second-order valence-corrected chi connectivity index (χ2v) is 5.09. The van der Waals surface area contributed by atoms with E-state index in [1.165, 1.54) is 5.56 Å². The molecule has 0 aliphatic heterocycles. The Morgan fingerprint density at radius 2 is 1.81 bits per heavy atom. The van der Waals surface area contributed by atoms with E-state index in [0.29, 0.717) is 17.1 Å². The summed E-state index contributed by atoms with van der Waals surface area (Å²) in [5.74, 6) is 1.15. The van der Waals surface area contributed by atoms with E-state index in [4.69, 9.17) is 9.83 Å². The van der Waals surface area contributed by atoms with Crippen molar-refractivity contribution in [3.8, 4) is 11.3 Å². The second-order valence-electron chi connectivity index (χ2n) is 5.09. The van der Waals surface area contributed by atoms with Crippen LogP contribution in [0.15, 0.2) is 59.1 Å². The zero-order chi connectivity index (χ0) is 14.4. The highest BCUT2D eigenvalue weighted by molar-refractivity contribution is 5.78. The lowest BCUT2D eigenvalue weighted by atomic mass is 10.1. The van der Waals surface area contributed by atoms with Gasteiger partial charge >= 0.3 is 5.84 Å². The highest BCUT2D eigenvalue weighted by atomic mass is 16.4. The first-order valence-corrected chi connectivity index (χ1v) is 6.75. The average molecular weight is 275 g/mol. The summed E-state index contributed by atoms with van der Waals surface area (Å²) in [5, 5.41) is 9.12. The number of fused-ring (bicyclic) bond motifs is 2. The molecule has 2 aromatic heterocycles. The zero-order valence-electron chi connectivity index (χ0n) is 11.5. The van der Waals surface area contributed by atoms with Crippen molar-refractivity contribution < 1.29 is 4.42 Å². The van der Waals surface area contributed by atoms with Gasteiger partial charge in [0.2, 0.25) is 0 Å². The van der Waals surface area contributed by atoms with E-state index in [2.05, 4.69) is 4.98 Å². The SMILES string of the molecule is Cc1ccc(-c2cn3c(=N)c4ccccc4nc3o2)cc1. The minimum atomic E-state index is 0.387. The molecule has 0 atom stereocenters. The van der Waals surface area contributed by atoms with Gasteiger partial charge in [-0.15, -0.1) is 0 Å². The highest BCUT2D eigenvalue weighted by Gasteiger charge is 2.09. The number of oxazole rings is 1. The fraction of sp³-hybridized carbons (Fsp3) is 0.0588. The Kier molecular flexibility index (Phi) is 2.44. The molecule has 0 fully saturated rings. The third-order valence-corrected chi connectivity index (χ3v) is 3.61. The number of hydrogen-bond acceptors (Lipinski definition) is 3. The molecule has 0 unspecified atom stereocenters. The number of benzene rings is 2. The summed E-state index contributed by atoms with van der Waals surface area (Å²) >= 11 is 0. The first kappa shape index (κ1) is 11.9. The first-order valence-electron chi connectivity index (χ1n) is 6.75. The van der Waals surface area contributed by atoms with Gasteiger partial charge in [0.15, 0.2) is 5.76 Å². The Labute approximate surface area is 120 Å². The molecule has 2 heterocycles. The lowest BCUT2D eigenvalue weighted by molar-refractivity contribution is 0.606. The van der Waals surface area contributed by atoms with E-state index in [1.54, 1.807) is 4.40 Å². The minimum Gasteiger partial charge on any atom is -0.423 e. The van der Waals surface area contributed by atoms with Crippen LogP contribution >= 0.6 is 0 Å². The number of para-hydroxylation sites is 1. The van der Waals surface area contributed by atoms with Crippen LogP contribution in [0.5, 0.6) is 0 Å². The van der Waals surface area contributed by atoms with Crippen LogP contribution in [0.3, 0.4) is 0 Å². The number of nitrogens with one attached hydrogen (secondary N) is 1. The molecule has 0 aliphatic carbocycles. The van der Waals surface area contributed by atoms with Gasteiger partial charge in [0.1, 0.15) is 5.49 Å². The van der Waals surface area contributed by atoms with Gasteiger partial charge in [-0.3, -0.25) is 9.81 Å². The Morgan fingerprint density at radius 1 is 1.05 bits per heavy atom. The van der Waals surface area contributed by atoms with Crippen molar-refractivity contribution in [2.24, 2.45) is 0 Å². The van der Waals surface area contributed by atoms with E-state index in [-0.39, 0.29) is 0 Å². The first-order chi connectivity index (χ1) is 10.2. The Morgan fingerprint density at radius 3 is 2.62 bits per heavy atom. The molecule has 0 radical (unpaired) electrons. The van der Waals surface area contributed by atoms with Crippen LogP contribution in [0, 0.1) is 12.3 Å². The van der Waals surface area contributed by atoms with Crippen LogP contribution in [0.1, 0.15) is 5.56 Å². The van der Waals surface area contributed by atoms with Crippen LogP contribution in [0.25, 0.3) is 28.1 Å². The van der Waals surface area contributed by atoms with Gasteiger partial charge in [-0.05, 0) is 19.1 Å². The normalized spacial score (nSPS) is 11.3. The standard InChI is InChI=1S/C17H13N3O/c1-11-6-8-12(9-7-11)15-10-20-16(18)13-4-2-3-5-14(13)19-17(20)21-15/h2-10,18H,1H3. The van der Waals surface area contributed by atoms with E-state index in [9.17, 15) is 0 Å². The predicted molar refractivity (Wildman–Crippen MR) is 81.0 cm³/mol. The summed E-state index contributed by atoms with van der Waals surface area (Å²) in [5.41, 5.74) is 3.34. The zero-order valence-corrected chi connectivity index (χ0v) is 11.5. The van der Waals surface area contributed by atoms with Gasteiger partial charge in [-0.2, -0.15) is 4.98 Å². The summed E-state index contributed by atoms with van der Waals surface area (Å²) < 4.78 is 7.49. The van der Waals surface area contributed by atoms with E-state index >= 15 is 0 Å². The summed E-state index contributed by atoms with van der Waals surface area (Å²) in [4.78, 5) is 4.48. The van der Waals surface area contributed by atoms with Crippen LogP contribution in [-0.2, 0) is 0 Å². The molecule has 0 aliphatic rings. The number of aromatic nitrogens is 2. The number of aryl methyl sites for hydroxylation is 1. The molecule has 4 nitrogen and oxygen atoms in total. The summed E-state index contributed by atoms with van der Waals surface area (Å²) in [6, 6.07) is 15.7. The molecule has 4 rings (SSSR count). The van der Waals surface area contributed by atoms with Crippen molar-refractivity contribution in [1.82, 2.24) is 9.38 Å². The third-order valence-electron chi connectivity index (χ3n) is 3.61. The molecule has 4 aromatic rings. The molecular formula is C17H13N3O. The van der Waals surface area contributed by atoms with Crippen molar-refractivity contribution in [3.05, 3.63) is 65.8 Å². The second kappa shape index (κ2) is 4.31. The molecule has 0 amide bonds. The van der Waals surface area contributed by atoms with Crippen LogP contribution < -0.4 is 5.49 Å². The molecule has 0 bridgehead atoms. The molecule has 0 saturated heterocycles. The Hall–Kier alpha value is -2.88. The third kappa shape index (κ3) is 1.84. The quantitative estimate of drug-likeness (QED) is 0.577. The van der Waals surface area contributed by atoms with Crippen molar-refractivity contribution >= 4 is 16.7 Å². The molecule has 102 valence electrons. The predicted octanol–water partition coefficient (Wildman–Crippen LogP) is 3.54. The van der Waals surface area contributed by atoms with Gasteiger partial charge < -0.3 is 4.42 Å². The molecular weight excluding hydrogens is 262 g/mol. The highest BCUT2D eigenvalue weighted by Crippen LogP contribution is 2.22. The topological polar surface area (TPSA) is 54.3 Å². The number of rotatable bonds is 1. The fourth-order valence-corrected chi connectivity index (χ4v) is 2.44. The number of nitrogens with zero attached hydrogens (tertiary/aromatic N) is 2. The van der Waals surface area contributed by atoms with Crippen LogP contribution in [-0.4, -0.2) is 9.38 Å². The van der Waals surface area contributed by atoms with E-state index in [0.717, 1.165) is 16.5 Å². The Bertz CT molecular complexity index is 1010. The van der Waals surface area contributed by atoms with Gasteiger partial charge in [-0.1, -0.05) is 42.0 Å². The summed E-state index contributed by atoms with van der Waals surface area (Å²) in [6.45, 7) is 2.05. The Balaban J connectivity index is 2.01. The molecule has 1 N–H and O–H groups in total. The maximum Gasteiger partial charge on any atom is 0.308 e. The molecule has 0 saturated carbocycles. The van der Waals surface area contributed by atoms with Crippen LogP contribution in [0.2, 0.25) is 0 Å². The van der Waals surface area contributed by atoms with Crippen LogP contribution in [0.4, 0.5) is 0 Å². The van der Waals surface area contributed by atoms with Crippen molar-refractivity contribution in [2.75, 3.05) is 0 Å². The lowest BCUT2D eigenvalue weighted by Crippen LogP contribution is -2.12. The number of hydrogen-bond donors (Lipinski definition) is 1. The minimum absolute atomic E-state index is 0.387. The maximum absolute atomic E-state index is 8.31. The molecule has 0 spiro atoms. The fourth-order valence-electron chi connectivity index (χ4n) is 2.44. The summed E-state index contributed by atoms with van der Waals surface area (Å²) in [7, 11) is 0. The van der Waals surface area contributed by atoms with Gasteiger partial charge in [0, 0.05) is 10.9 Å². The van der Waals surface area contributed by atoms with Gasteiger partial charge in [-0.25, -0.2) is 0 Å². The largest absolute Gasteiger partial charge is 0.423 e. The average Bonchev–Trinajstić information content (AvgIpc) is 2.92. The van der Waals surface area contributed by atoms with E-state index < -0.39 is 0 Å². The monoisotopic (exact) mass is 275 g/mol. The smallest absolute Gasteiger partial charge is 0.308 e. The lowest BCUT2D eigenvalue weighted by Gasteiger charge is -1.97. The van der Waals surface area contributed by atoms with Crippen molar-refractivity contribution in [3.63, 3.8) is 0 Å². The van der Waals surface area contributed by atoms with Gasteiger partial charge in [0.25, 0.3) is 0 Å². The van der Waals surface area contributed by atoms with Crippen molar-refractivity contribution in [1.29, 1.82) is 5.41 Å². The van der Waals surface area contributed by atoms with Crippen molar-refractivity contribution in [2.45, 2.75) is 6.92 Å². The summed E-state index contributed by atoms with van der Waals surface area (Å²) in [6.07, 6.45) is 1.82. The molecule has 4 heteroatoms. The van der Waals surface area contributed by atoms with E-state index in [1.807, 2.05) is 61.7 Å². The molecule has 21 heavy (non-hydrogen) atoms. The van der Waals surface area contributed by atoms with Gasteiger partial charge in [0.05, 0.1) is 11.7 Å².